The molecule has 1 amide bonds. The van der Waals surface area contributed by atoms with Gasteiger partial charge in [0.2, 0.25) is 5.91 Å². The zero-order valence-corrected chi connectivity index (χ0v) is 14.5. The monoisotopic (exact) mass is 358 g/mol. The van der Waals surface area contributed by atoms with E-state index in [2.05, 4.69) is 10.3 Å². The molecule has 6 nitrogen and oxygen atoms in total. The van der Waals surface area contributed by atoms with E-state index in [1.54, 1.807) is 7.11 Å². The van der Waals surface area contributed by atoms with Crippen LogP contribution in [0.5, 0.6) is 5.75 Å². The summed E-state index contributed by atoms with van der Waals surface area (Å²) in [5.41, 5.74) is 1.67. The van der Waals surface area contributed by atoms with Crippen molar-refractivity contribution in [3.05, 3.63) is 41.8 Å². The van der Waals surface area contributed by atoms with Crippen molar-refractivity contribution >= 4 is 28.3 Å². The highest BCUT2D eigenvalue weighted by Gasteiger charge is 2.34. The third kappa shape index (κ3) is 3.88. The first-order chi connectivity index (χ1) is 12.1. The van der Waals surface area contributed by atoms with Gasteiger partial charge in [-0.2, -0.15) is 0 Å². The summed E-state index contributed by atoms with van der Waals surface area (Å²) in [6.45, 7) is 0. The molecule has 0 fully saturated rings. The lowest BCUT2D eigenvalue weighted by molar-refractivity contribution is -0.146. The van der Waals surface area contributed by atoms with E-state index >= 15 is 0 Å². The van der Waals surface area contributed by atoms with Crippen molar-refractivity contribution in [2.45, 2.75) is 12.8 Å². The summed E-state index contributed by atoms with van der Waals surface area (Å²) in [6.07, 6.45) is 4.48. The molecular formula is C18H18N2O4S. The molecule has 0 saturated heterocycles. The minimum atomic E-state index is -0.942. The van der Waals surface area contributed by atoms with Crippen LogP contribution in [0.3, 0.4) is 0 Å². The summed E-state index contributed by atoms with van der Waals surface area (Å²) in [5.74, 6) is -1.74. The molecular weight excluding hydrogens is 340 g/mol. The summed E-state index contributed by atoms with van der Waals surface area (Å²) in [6, 6.07) is 7.48. The molecule has 2 N–H and O–H groups in total. The fraction of sp³-hybridized carbons (Fsp3) is 0.278. The van der Waals surface area contributed by atoms with Gasteiger partial charge in [-0.3, -0.25) is 9.59 Å². The van der Waals surface area contributed by atoms with Crippen LogP contribution in [0.1, 0.15) is 12.8 Å². The Kier molecular flexibility index (Phi) is 5.14. The van der Waals surface area contributed by atoms with Crippen molar-refractivity contribution < 1.29 is 19.4 Å². The smallest absolute Gasteiger partial charge is 0.307 e. The normalized spacial score (nSPS) is 19.4. The van der Waals surface area contributed by atoms with Gasteiger partial charge < -0.3 is 15.2 Å². The highest BCUT2D eigenvalue weighted by molar-refractivity contribution is 7.14. The fourth-order valence-corrected chi connectivity index (χ4v) is 3.52. The lowest BCUT2D eigenvalue weighted by atomic mass is 9.82. The van der Waals surface area contributed by atoms with Crippen LogP contribution in [0.2, 0.25) is 0 Å². The van der Waals surface area contributed by atoms with Crippen LogP contribution in [0.15, 0.2) is 41.8 Å². The Hall–Kier alpha value is -2.67. The van der Waals surface area contributed by atoms with Gasteiger partial charge in [0.25, 0.3) is 0 Å². The number of amides is 1. The summed E-state index contributed by atoms with van der Waals surface area (Å²) >= 11 is 1.32. The minimum Gasteiger partial charge on any atom is -0.497 e. The average molecular weight is 358 g/mol. The predicted molar refractivity (Wildman–Crippen MR) is 95.7 cm³/mol. The number of anilines is 1. The molecule has 1 aliphatic rings. The number of thiazole rings is 1. The molecule has 2 aromatic rings. The third-order valence-corrected chi connectivity index (χ3v) is 4.96. The zero-order chi connectivity index (χ0) is 17.8. The number of carbonyl (C=O) groups is 2. The van der Waals surface area contributed by atoms with Gasteiger partial charge in [-0.25, -0.2) is 4.98 Å². The van der Waals surface area contributed by atoms with E-state index in [4.69, 9.17) is 4.74 Å². The van der Waals surface area contributed by atoms with Gasteiger partial charge in [0.05, 0.1) is 24.6 Å². The Morgan fingerprint density at radius 1 is 1.20 bits per heavy atom. The van der Waals surface area contributed by atoms with E-state index in [0.717, 1.165) is 17.0 Å². The molecule has 1 heterocycles. The Morgan fingerprint density at radius 3 is 2.52 bits per heavy atom. The number of carboxylic acid groups (broad SMARTS) is 1. The number of rotatable bonds is 5. The van der Waals surface area contributed by atoms with Crippen molar-refractivity contribution in [3.8, 4) is 17.0 Å². The maximum absolute atomic E-state index is 12.5. The number of allylic oxidation sites excluding steroid dienone is 2. The van der Waals surface area contributed by atoms with E-state index in [-0.39, 0.29) is 5.91 Å². The van der Waals surface area contributed by atoms with Crippen molar-refractivity contribution in [2.75, 3.05) is 12.4 Å². The molecule has 0 radical (unpaired) electrons. The topological polar surface area (TPSA) is 88.5 Å². The number of aromatic nitrogens is 1. The molecule has 25 heavy (non-hydrogen) atoms. The van der Waals surface area contributed by atoms with Crippen LogP contribution in [-0.2, 0) is 9.59 Å². The second-order valence-corrected chi connectivity index (χ2v) is 6.61. The van der Waals surface area contributed by atoms with E-state index in [1.807, 2.05) is 41.8 Å². The van der Waals surface area contributed by atoms with E-state index in [1.165, 1.54) is 11.3 Å². The molecule has 0 spiro atoms. The van der Waals surface area contributed by atoms with Crippen molar-refractivity contribution in [2.24, 2.45) is 11.8 Å². The number of ether oxygens (including phenoxy) is 1. The van der Waals surface area contributed by atoms with Crippen LogP contribution in [0.4, 0.5) is 5.13 Å². The fourth-order valence-electron chi connectivity index (χ4n) is 2.80. The lowest BCUT2D eigenvalue weighted by Gasteiger charge is -2.23. The highest BCUT2D eigenvalue weighted by atomic mass is 32.1. The maximum Gasteiger partial charge on any atom is 0.307 e. The number of carboxylic acids is 1. The number of carbonyl (C=O) groups excluding carboxylic acids is 1. The molecule has 0 saturated carbocycles. The third-order valence-electron chi connectivity index (χ3n) is 4.21. The van der Waals surface area contributed by atoms with Crippen LogP contribution < -0.4 is 10.1 Å². The number of nitrogens with one attached hydrogen (secondary N) is 1. The maximum atomic E-state index is 12.5. The first-order valence-corrected chi connectivity index (χ1v) is 8.75. The van der Waals surface area contributed by atoms with Gasteiger partial charge in [0, 0.05) is 10.9 Å². The second kappa shape index (κ2) is 7.48. The first-order valence-electron chi connectivity index (χ1n) is 7.87. The van der Waals surface area contributed by atoms with Crippen molar-refractivity contribution in [3.63, 3.8) is 0 Å². The molecule has 0 aliphatic heterocycles. The summed E-state index contributed by atoms with van der Waals surface area (Å²) < 4.78 is 5.13. The zero-order valence-electron chi connectivity index (χ0n) is 13.6. The van der Waals surface area contributed by atoms with Gasteiger partial charge in [-0.15, -0.1) is 11.3 Å². The number of hydrogen-bond donors (Lipinski definition) is 2. The van der Waals surface area contributed by atoms with Crippen LogP contribution in [0, 0.1) is 11.8 Å². The van der Waals surface area contributed by atoms with Crippen LogP contribution in [-0.4, -0.2) is 29.1 Å². The average Bonchev–Trinajstić information content (AvgIpc) is 3.10. The Bertz CT molecular complexity index is 798. The number of benzene rings is 1. The summed E-state index contributed by atoms with van der Waals surface area (Å²) in [7, 11) is 1.61. The molecule has 0 bridgehead atoms. The van der Waals surface area contributed by atoms with E-state index in [9.17, 15) is 14.7 Å². The Labute approximate surface area is 149 Å². The Balaban J connectivity index is 1.71. The molecule has 2 unspecified atom stereocenters. The molecule has 1 aliphatic carbocycles. The molecule has 1 aromatic carbocycles. The molecule has 130 valence electrons. The van der Waals surface area contributed by atoms with Gasteiger partial charge >= 0.3 is 5.97 Å². The first kappa shape index (κ1) is 17.2. The summed E-state index contributed by atoms with van der Waals surface area (Å²) in [4.78, 5) is 28.2. The SMILES string of the molecule is COc1ccc(-c2csc(NC(=O)C3CC=CCC3C(=O)O)n2)cc1. The quantitative estimate of drug-likeness (QED) is 0.800. The largest absolute Gasteiger partial charge is 0.497 e. The lowest BCUT2D eigenvalue weighted by Crippen LogP contribution is -2.34. The van der Waals surface area contributed by atoms with Crippen molar-refractivity contribution in [1.82, 2.24) is 4.98 Å². The van der Waals surface area contributed by atoms with Gasteiger partial charge in [-0.05, 0) is 37.1 Å². The van der Waals surface area contributed by atoms with Gasteiger partial charge in [0.1, 0.15) is 5.75 Å². The predicted octanol–water partition coefficient (Wildman–Crippen LogP) is 3.42. The molecule has 2 atom stereocenters. The molecule has 3 rings (SSSR count). The highest BCUT2D eigenvalue weighted by Crippen LogP contribution is 2.30. The van der Waals surface area contributed by atoms with Gasteiger partial charge in [0.15, 0.2) is 5.13 Å². The second-order valence-electron chi connectivity index (χ2n) is 5.75. The number of hydrogen-bond acceptors (Lipinski definition) is 5. The minimum absolute atomic E-state index is 0.299. The number of nitrogens with zero attached hydrogens (tertiary/aromatic N) is 1. The Morgan fingerprint density at radius 2 is 1.88 bits per heavy atom. The van der Waals surface area contributed by atoms with E-state index < -0.39 is 17.8 Å². The van der Waals surface area contributed by atoms with E-state index in [0.29, 0.717) is 18.0 Å². The standard InChI is InChI=1S/C18H18N2O4S/c1-24-12-8-6-11(7-9-12)15-10-25-18(19-15)20-16(21)13-4-2-3-5-14(13)17(22)23/h2-3,6-10,13-14H,4-5H2,1H3,(H,22,23)(H,19,20,21). The molecule has 1 aromatic heterocycles. The van der Waals surface area contributed by atoms with Crippen LogP contribution >= 0.6 is 11.3 Å². The molecule has 7 heteroatoms. The number of methoxy groups -OCH3 is 1. The number of aliphatic carboxylic acids is 1. The van der Waals surface area contributed by atoms with Crippen LogP contribution in [0.25, 0.3) is 11.3 Å². The summed E-state index contributed by atoms with van der Waals surface area (Å²) in [5, 5.41) is 14.4. The van der Waals surface area contributed by atoms with Gasteiger partial charge in [-0.1, -0.05) is 12.2 Å². The van der Waals surface area contributed by atoms with Crippen molar-refractivity contribution in [1.29, 1.82) is 0 Å².